The van der Waals surface area contributed by atoms with Gasteiger partial charge in [0.25, 0.3) is 0 Å². The monoisotopic (exact) mass is 199 g/mol. The lowest BCUT2D eigenvalue weighted by Crippen LogP contribution is -2.42. The molecular weight excluding hydrogens is 174 g/mol. The Labute approximate surface area is 88.2 Å². The van der Waals surface area contributed by atoms with Crippen molar-refractivity contribution >= 4 is 0 Å². The van der Waals surface area contributed by atoms with E-state index in [2.05, 4.69) is 27.7 Å². The van der Waals surface area contributed by atoms with Crippen LogP contribution in [0.25, 0.3) is 0 Å². The Morgan fingerprint density at radius 3 is 2.29 bits per heavy atom. The van der Waals surface area contributed by atoms with Gasteiger partial charge in [0.15, 0.2) is 0 Å². The van der Waals surface area contributed by atoms with Gasteiger partial charge in [-0.25, -0.2) is 0 Å². The second-order valence-corrected chi connectivity index (χ2v) is 5.31. The van der Waals surface area contributed by atoms with E-state index in [1.54, 1.807) is 0 Å². The van der Waals surface area contributed by atoms with E-state index in [0.717, 1.165) is 19.3 Å². The lowest BCUT2D eigenvalue weighted by Gasteiger charge is -2.30. The molecule has 0 saturated carbocycles. The van der Waals surface area contributed by atoms with Gasteiger partial charge in [-0.05, 0) is 46.0 Å². The van der Waals surface area contributed by atoms with Crippen LogP contribution < -0.4 is 5.73 Å². The molecule has 1 unspecified atom stereocenters. The summed E-state index contributed by atoms with van der Waals surface area (Å²) in [7, 11) is 0. The van der Waals surface area contributed by atoms with Crippen molar-refractivity contribution in [1.82, 2.24) is 0 Å². The Bertz CT molecular complexity index is 185. The van der Waals surface area contributed by atoms with Crippen LogP contribution in [0.1, 0.15) is 59.8 Å². The quantitative estimate of drug-likeness (QED) is 0.755. The molecule has 1 rings (SSSR count). The molecule has 0 aromatic heterocycles. The third kappa shape index (κ3) is 2.96. The third-order valence-corrected chi connectivity index (χ3v) is 3.60. The molecule has 0 aromatic rings. The summed E-state index contributed by atoms with van der Waals surface area (Å²) in [4.78, 5) is 0. The summed E-state index contributed by atoms with van der Waals surface area (Å²) in [5, 5.41) is 0. The van der Waals surface area contributed by atoms with Crippen LogP contribution in [0.3, 0.4) is 0 Å². The van der Waals surface area contributed by atoms with E-state index in [0.29, 0.717) is 6.10 Å². The highest BCUT2D eigenvalue weighted by Crippen LogP contribution is 2.34. The van der Waals surface area contributed by atoms with Crippen molar-refractivity contribution in [3.63, 3.8) is 0 Å². The predicted octanol–water partition coefficient (Wildman–Crippen LogP) is 2.85. The Balaban J connectivity index is 2.46. The molecule has 0 amide bonds. The second-order valence-electron chi connectivity index (χ2n) is 5.31. The van der Waals surface area contributed by atoms with Crippen molar-refractivity contribution in [1.29, 1.82) is 0 Å². The van der Waals surface area contributed by atoms with E-state index < -0.39 is 0 Å². The van der Waals surface area contributed by atoms with Gasteiger partial charge in [0.2, 0.25) is 0 Å². The summed E-state index contributed by atoms with van der Waals surface area (Å²) in [5.74, 6) is 0. The molecule has 2 N–H and O–H groups in total. The zero-order valence-electron chi connectivity index (χ0n) is 10.1. The fourth-order valence-corrected chi connectivity index (χ4v) is 2.21. The molecule has 1 fully saturated rings. The van der Waals surface area contributed by atoms with Crippen LogP contribution in [0.15, 0.2) is 0 Å². The maximum Gasteiger partial charge on any atom is 0.0631 e. The first kappa shape index (κ1) is 12.0. The molecule has 1 atom stereocenters. The van der Waals surface area contributed by atoms with Gasteiger partial charge in [0, 0.05) is 5.54 Å². The third-order valence-electron chi connectivity index (χ3n) is 3.60. The number of nitrogens with two attached hydrogens (primary N) is 1. The average molecular weight is 199 g/mol. The summed E-state index contributed by atoms with van der Waals surface area (Å²) < 4.78 is 5.97. The smallest absolute Gasteiger partial charge is 0.0631 e. The van der Waals surface area contributed by atoms with E-state index in [-0.39, 0.29) is 11.1 Å². The Kier molecular flexibility index (Phi) is 3.59. The molecule has 0 radical (unpaired) electrons. The molecule has 1 aliphatic rings. The van der Waals surface area contributed by atoms with Crippen LogP contribution in [0.4, 0.5) is 0 Å². The van der Waals surface area contributed by atoms with Crippen LogP contribution in [0, 0.1) is 0 Å². The van der Waals surface area contributed by atoms with Gasteiger partial charge in [-0.1, -0.05) is 13.8 Å². The van der Waals surface area contributed by atoms with Crippen molar-refractivity contribution in [2.75, 3.05) is 0 Å². The minimum atomic E-state index is -0.00884. The first-order valence-electron chi connectivity index (χ1n) is 5.87. The highest BCUT2D eigenvalue weighted by Gasteiger charge is 2.35. The average Bonchev–Trinajstić information content (AvgIpc) is 2.45. The summed E-state index contributed by atoms with van der Waals surface area (Å²) in [5.41, 5.74) is 6.35. The van der Waals surface area contributed by atoms with Gasteiger partial charge in [0.1, 0.15) is 0 Å². The van der Waals surface area contributed by atoms with Gasteiger partial charge >= 0.3 is 0 Å². The Hall–Kier alpha value is -0.0800. The molecule has 1 heterocycles. The number of ether oxygens (including phenoxy) is 1. The summed E-state index contributed by atoms with van der Waals surface area (Å²) in [6, 6.07) is 0. The fraction of sp³-hybridized carbons (Fsp3) is 1.00. The minimum absolute atomic E-state index is 0.00884. The van der Waals surface area contributed by atoms with Crippen LogP contribution >= 0.6 is 0 Å². The largest absolute Gasteiger partial charge is 0.372 e. The first-order valence-corrected chi connectivity index (χ1v) is 5.87. The molecule has 0 aromatic carbocycles. The van der Waals surface area contributed by atoms with Crippen LogP contribution in [-0.2, 0) is 4.74 Å². The fourth-order valence-electron chi connectivity index (χ4n) is 2.21. The summed E-state index contributed by atoms with van der Waals surface area (Å²) >= 11 is 0. The Morgan fingerprint density at radius 1 is 1.36 bits per heavy atom. The summed E-state index contributed by atoms with van der Waals surface area (Å²) in [6.07, 6.45) is 5.83. The van der Waals surface area contributed by atoms with Crippen LogP contribution in [0.2, 0.25) is 0 Å². The van der Waals surface area contributed by atoms with E-state index in [4.69, 9.17) is 10.5 Å². The number of rotatable bonds is 4. The lowest BCUT2D eigenvalue weighted by atomic mass is 9.87. The molecule has 1 saturated heterocycles. The predicted molar refractivity (Wildman–Crippen MR) is 60.3 cm³/mol. The molecule has 14 heavy (non-hydrogen) atoms. The van der Waals surface area contributed by atoms with Crippen molar-refractivity contribution < 1.29 is 4.74 Å². The zero-order chi connectivity index (χ0) is 10.8. The highest BCUT2D eigenvalue weighted by molar-refractivity contribution is 4.89. The van der Waals surface area contributed by atoms with Crippen molar-refractivity contribution in [2.45, 2.75) is 77.0 Å². The van der Waals surface area contributed by atoms with Crippen molar-refractivity contribution in [2.24, 2.45) is 5.73 Å². The molecule has 84 valence electrons. The van der Waals surface area contributed by atoms with E-state index in [1.165, 1.54) is 12.8 Å². The first-order chi connectivity index (χ1) is 6.41. The van der Waals surface area contributed by atoms with E-state index in [9.17, 15) is 0 Å². The maximum absolute atomic E-state index is 6.28. The Morgan fingerprint density at radius 2 is 1.93 bits per heavy atom. The van der Waals surface area contributed by atoms with Gasteiger partial charge in [0.05, 0.1) is 11.7 Å². The minimum Gasteiger partial charge on any atom is -0.372 e. The van der Waals surface area contributed by atoms with Gasteiger partial charge in [-0.15, -0.1) is 0 Å². The van der Waals surface area contributed by atoms with Gasteiger partial charge in [-0.2, -0.15) is 0 Å². The van der Waals surface area contributed by atoms with Crippen LogP contribution in [-0.4, -0.2) is 17.2 Å². The van der Waals surface area contributed by atoms with Crippen LogP contribution in [0.5, 0.6) is 0 Å². The molecule has 2 nitrogen and oxygen atoms in total. The maximum atomic E-state index is 6.28. The van der Waals surface area contributed by atoms with E-state index in [1.807, 2.05) is 0 Å². The number of hydrogen-bond acceptors (Lipinski definition) is 2. The van der Waals surface area contributed by atoms with E-state index >= 15 is 0 Å². The zero-order valence-corrected chi connectivity index (χ0v) is 10.1. The van der Waals surface area contributed by atoms with Gasteiger partial charge < -0.3 is 10.5 Å². The molecule has 0 spiro atoms. The lowest BCUT2D eigenvalue weighted by molar-refractivity contribution is -0.0274. The highest BCUT2D eigenvalue weighted by atomic mass is 16.5. The van der Waals surface area contributed by atoms with Gasteiger partial charge in [-0.3, -0.25) is 0 Å². The molecule has 2 heteroatoms. The molecule has 0 aliphatic carbocycles. The SMILES string of the molecule is CCC(N)(CC)CC1CCC(C)(C)O1. The van der Waals surface area contributed by atoms with Crippen molar-refractivity contribution in [3.05, 3.63) is 0 Å². The normalized spacial score (nSPS) is 26.8. The topological polar surface area (TPSA) is 35.2 Å². The molecule has 0 bridgehead atoms. The molecular formula is C12H25NO. The standard InChI is InChI=1S/C12H25NO/c1-5-12(13,6-2)9-10-7-8-11(3,4)14-10/h10H,5-9,13H2,1-4H3. The summed E-state index contributed by atoms with van der Waals surface area (Å²) in [6.45, 7) is 8.68. The number of hydrogen-bond donors (Lipinski definition) is 1. The second kappa shape index (κ2) is 4.19. The molecule has 1 aliphatic heterocycles. The van der Waals surface area contributed by atoms with Crippen molar-refractivity contribution in [3.8, 4) is 0 Å².